The molecule has 0 saturated carbocycles. The maximum Gasteiger partial charge on any atom is 0.0852 e. The Balaban J connectivity index is 1.35. The standard InChI is InChI=1S/C16H28N8/c1-14(2)16-13-24(20-18-16)11-9-22-6-4-21(5-7-22)8-10-23-12-15(3)17-19-23/h12-14H,4-11H2,1-3H3. The molecule has 1 aliphatic heterocycles. The third-order valence-corrected chi connectivity index (χ3v) is 4.56. The Hall–Kier alpha value is -1.80. The molecule has 132 valence electrons. The molecule has 2 aromatic rings. The van der Waals surface area contributed by atoms with Crippen molar-refractivity contribution in [3.05, 3.63) is 23.8 Å². The first-order chi connectivity index (χ1) is 11.6. The van der Waals surface area contributed by atoms with Crippen LogP contribution in [0.4, 0.5) is 0 Å². The van der Waals surface area contributed by atoms with E-state index < -0.39 is 0 Å². The Kier molecular flexibility index (Phi) is 5.57. The molecule has 2 aromatic heterocycles. The Labute approximate surface area is 143 Å². The summed E-state index contributed by atoms with van der Waals surface area (Å²) in [6, 6.07) is 0. The van der Waals surface area contributed by atoms with Crippen molar-refractivity contribution in [1.29, 1.82) is 0 Å². The first-order valence-electron chi connectivity index (χ1n) is 8.81. The molecule has 0 N–H and O–H groups in total. The molecule has 0 bridgehead atoms. The van der Waals surface area contributed by atoms with Gasteiger partial charge in [-0.2, -0.15) is 0 Å². The van der Waals surface area contributed by atoms with Crippen LogP contribution in [0.3, 0.4) is 0 Å². The lowest BCUT2D eigenvalue weighted by atomic mass is 10.2. The average molecular weight is 332 g/mol. The van der Waals surface area contributed by atoms with Crippen LogP contribution in [0, 0.1) is 6.92 Å². The highest BCUT2D eigenvalue weighted by Gasteiger charge is 2.17. The fourth-order valence-corrected chi connectivity index (χ4v) is 2.92. The van der Waals surface area contributed by atoms with E-state index in [9.17, 15) is 0 Å². The summed E-state index contributed by atoms with van der Waals surface area (Å²) in [5.41, 5.74) is 2.05. The third kappa shape index (κ3) is 4.61. The maximum absolute atomic E-state index is 4.22. The molecule has 8 nitrogen and oxygen atoms in total. The number of piperazine rings is 1. The highest BCUT2D eigenvalue weighted by atomic mass is 15.4. The highest BCUT2D eigenvalue weighted by Crippen LogP contribution is 2.09. The summed E-state index contributed by atoms with van der Waals surface area (Å²) in [5, 5.41) is 16.6. The van der Waals surface area contributed by atoms with Crippen LogP contribution in [0.2, 0.25) is 0 Å². The van der Waals surface area contributed by atoms with Gasteiger partial charge in [-0.25, -0.2) is 0 Å². The lowest BCUT2D eigenvalue weighted by Crippen LogP contribution is -2.47. The van der Waals surface area contributed by atoms with E-state index >= 15 is 0 Å². The van der Waals surface area contributed by atoms with Crippen LogP contribution in [0.15, 0.2) is 12.4 Å². The molecule has 0 aliphatic carbocycles. The van der Waals surface area contributed by atoms with Crippen molar-refractivity contribution in [2.24, 2.45) is 0 Å². The predicted octanol–water partition coefficient (Wildman–Crippen LogP) is 0.619. The third-order valence-electron chi connectivity index (χ3n) is 4.56. The summed E-state index contributed by atoms with van der Waals surface area (Å²) in [7, 11) is 0. The molecule has 1 aliphatic rings. The van der Waals surface area contributed by atoms with E-state index in [2.05, 4.69) is 50.5 Å². The SMILES string of the molecule is Cc1cn(CCN2CCN(CCn3cc(C(C)C)nn3)CC2)nn1. The second-order valence-corrected chi connectivity index (χ2v) is 6.87. The molecule has 0 radical (unpaired) electrons. The molecule has 0 unspecified atom stereocenters. The molecule has 1 saturated heterocycles. The van der Waals surface area contributed by atoms with Gasteiger partial charge in [-0.3, -0.25) is 19.2 Å². The van der Waals surface area contributed by atoms with Gasteiger partial charge >= 0.3 is 0 Å². The van der Waals surface area contributed by atoms with Crippen molar-refractivity contribution in [3.8, 4) is 0 Å². The smallest absolute Gasteiger partial charge is 0.0852 e. The number of rotatable bonds is 7. The van der Waals surface area contributed by atoms with Crippen molar-refractivity contribution in [2.45, 2.75) is 39.8 Å². The normalized spacial score (nSPS) is 17.0. The Morgan fingerprint density at radius 2 is 1.38 bits per heavy atom. The van der Waals surface area contributed by atoms with Crippen molar-refractivity contribution >= 4 is 0 Å². The summed E-state index contributed by atoms with van der Waals surface area (Å²) in [5.74, 6) is 0.441. The Morgan fingerprint density at radius 3 is 1.83 bits per heavy atom. The van der Waals surface area contributed by atoms with E-state index in [1.807, 2.05) is 22.5 Å². The molecule has 0 amide bonds. The first-order valence-corrected chi connectivity index (χ1v) is 8.81. The van der Waals surface area contributed by atoms with Crippen molar-refractivity contribution in [1.82, 2.24) is 39.8 Å². The minimum absolute atomic E-state index is 0.441. The largest absolute Gasteiger partial charge is 0.299 e. The highest BCUT2D eigenvalue weighted by molar-refractivity contribution is 4.98. The molecule has 3 heterocycles. The van der Waals surface area contributed by atoms with Crippen LogP contribution in [0.25, 0.3) is 0 Å². The zero-order chi connectivity index (χ0) is 16.9. The molecule has 0 aromatic carbocycles. The van der Waals surface area contributed by atoms with Crippen LogP contribution in [-0.4, -0.2) is 79.1 Å². The number of aryl methyl sites for hydroxylation is 1. The zero-order valence-electron chi connectivity index (χ0n) is 15.0. The van der Waals surface area contributed by atoms with Gasteiger partial charge in [-0.05, 0) is 12.8 Å². The van der Waals surface area contributed by atoms with Crippen molar-refractivity contribution < 1.29 is 0 Å². The summed E-state index contributed by atoms with van der Waals surface area (Å²) in [6.45, 7) is 14.6. The van der Waals surface area contributed by atoms with E-state index in [1.54, 1.807) is 0 Å². The Morgan fingerprint density at radius 1 is 0.833 bits per heavy atom. The lowest BCUT2D eigenvalue weighted by molar-refractivity contribution is 0.124. The van der Waals surface area contributed by atoms with Gasteiger partial charge in [0.05, 0.1) is 24.5 Å². The van der Waals surface area contributed by atoms with Crippen molar-refractivity contribution in [2.75, 3.05) is 39.3 Å². The van der Waals surface area contributed by atoms with Crippen LogP contribution < -0.4 is 0 Å². The predicted molar refractivity (Wildman–Crippen MR) is 91.8 cm³/mol. The zero-order valence-corrected chi connectivity index (χ0v) is 15.0. The molecule has 0 atom stereocenters. The van der Waals surface area contributed by atoms with Gasteiger partial charge in [0.25, 0.3) is 0 Å². The molecular weight excluding hydrogens is 304 g/mol. The van der Waals surface area contributed by atoms with Gasteiger partial charge < -0.3 is 0 Å². The van der Waals surface area contributed by atoms with Gasteiger partial charge in [0.15, 0.2) is 0 Å². The molecular formula is C16H28N8. The monoisotopic (exact) mass is 332 g/mol. The van der Waals surface area contributed by atoms with Gasteiger partial charge in [0.1, 0.15) is 0 Å². The van der Waals surface area contributed by atoms with Gasteiger partial charge in [0, 0.05) is 51.7 Å². The summed E-state index contributed by atoms with van der Waals surface area (Å²) < 4.78 is 3.90. The molecule has 3 rings (SSSR count). The van der Waals surface area contributed by atoms with E-state index in [1.165, 1.54) is 0 Å². The second-order valence-electron chi connectivity index (χ2n) is 6.87. The van der Waals surface area contributed by atoms with E-state index in [0.717, 1.165) is 63.7 Å². The molecule has 1 fully saturated rings. The van der Waals surface area contributed by atoms with Gasteiger partial charge in [-0.15, -0.1) is 10.2 Å². The Bertz CT molecular complexity index is 624. The molecule has 8 heteroatoms. The summed E-state index contributed by atoms with van der Waals surface area (Å²) in [4.78, 5) is 5.01. The molecule has 24 heavy (non-hydrogen) atoms. The van der Waals surface area contributed by atoms with Crippen LogP contribution in [0.1, 0.15) is 31.2 Å². The topological polar surface area (TPSA) is 67.9 Å². The second kappa shape index (κ2) is 7.85. The lowest BCUT2D eigenvalue weighted by Gasteiger charge is -2.34. The van der Waals surface area contributed by atoms with E-state index in [0.29, 0.717) is 5.92 Å². The minimum atomic E-state index is 0.441. The van der Waals surface area contributed by atoms with Crippen LogP contribution >= 0.6 is 0 Å². The number of aromatic nitrogens is 6. The fourth-order valence-electron chi connectivity index (χ4n) is 2.92. The first kappa shape index (κ1) is 17.0. The van der Waals surface area contributed by atoms with Gasteiger partial charge in [0.2, 0.25) is 0 Å². The summed E-state index contributed by atoms with van der Waals surface area (Å²) in [6.07, 6.45) is 4.07. The van der Waals surface area contributed by atoms with Crippen LogP contribution in [-0.2, 0) is 13.1 Å². The van der Waals surface area contributed by atoms with Crippen molar-refractivity contribution in [3.63, 3.8) is 0 Å². The van der Waals surface area contributed by atoms with E-state index in [4.69, 9.17) is 0 Å². The van der Waals surface area contributed by atoms with E-state index in [-0.39, 0.29) is 0 Å². The molecule has 0 spiro atoms. The minimum Gasteiger partial charge on any atom is -0.299 e. The fraction of sp³-hybridized carbons (Fsp3) is 0.750. The number of hydrogen-bond donors (Lipinski definition) is 0. The summed E-state index contributed by atoms with van der Waals surface area (Å²) >= 11 is 0. The quantitative estimate of drug-likeness (QED) is 0.740. The van der Waals surface area contributed by atoms with Gasteiger partial charge in [-0.1, -0.05) is 24.3 Å². The maximum atomic E-state index is 4.22. The van der Waals surface area contributed by atoms with Crippen LogP contribution in [0.5, 0.6) is 0 Å². The number of hydrogen-bond acceptors (Lipinski definition) is 6. The average Bonchev–Trinajstić information content (AvgIpc) is 3.21. The number of nitrogens with zero attached hydrogens (tertiary/aromatic N) is 8.